The fourth-order valence-corrected chi connectivity index (χ4v) is 1.37. The molecule has 1 heteroatoms. The molecule has 0 saturated heterocycles. The zero-order valence-electron chi connectivity index (χ0n) is 6.40. The van der Waals surface area contributed by atoms with Crippen LogP contribution < -0.4 is 0 Å². The summed E-state index contributed by atoms with van der Waals surface area (Å²) in [5.74, 6) is 1.08. The molecule has 0 bridgehead atoms. The number of carbonyl (C=O) groups excluding carboxylic acids is 1. The van der Waals surface area contributed by atoms with E-state index in [1.165, 1.54) is 0 Å². The van der Waals surface area contributed by atoms with Crippen LogP contribution in [0.5, 0.6) is 0 Å². The predicted molar refractivity (Wildman–Crippen MR) is 37.2 cm³/mol. The van der Waals surface area contributed by atoms with Crippen LogP contribution in [0.2, 0.25) is 0 Å². The van der Waals surface area contributed by atoms with Crippen molar-refractivity contribution in [1.82, 2.24) is 0 Å². The number of ketones is 1. The number of carbonyl (C=O) groups is 1. The van der Waals surface area contributed by atoms with Gasteiger partial charge in [-0.15, -0.1) is 0 Å². The molecule has 2 unspecified atom stereocenters. The van der Waals surface area contributed by atoms with Gasteiger partial charge in [-0.05, 0) is 12.3 Å². The lowest BCUT2D eigenvalue weighted by Crippen LogP contribution is -2.11. The monoisotopic (exact) mass is 126 g/mol. The van der Waals surface area contributed by atoms with Gasteiger partial charge in [-0.25, -0.2) is 0 Å². The Morgan fingerprint density at radius 2 is 2.22 bits per heavy atom. The average Bonchev–Trinajstić information content (AvgIpc) is 2.41. The first-order valence-electron chi connectivity index (χ1n) is 3.64. The Morgan fingerprint density at radius 3 is 2.33 bits per heavy atom. The zero-order chi connectivity index (χ0) is 7.07. The van der Waals surface area contributed by atoms with E-state index in [2.05, 4.69) is 13.8 Å². The summed E-state index contributed by atoms with van der Waals surface area (Å²) < 4.78 is 0. The largest absolute Gasteiger partial charge is 0.299 e. The number of hydrogen-bond donors (Lipinski definition) is 0. The normalized spacial score (nSPS) is 40.6. The minimum absolute atomic E-state index is 0.0781. The van der Waals surface area contributed by atoms with Crippen molar-refractivity contribution in [1.29, 1.82) is 0 Å². The average molecular weight is 126 g/mol. The Labute approximate surface area is 56.4 Å². The number of rotatable bonds is 2. The molecule has 0 N–H and O–H groups in total. The summed E-state index contributed by atoms with van der Waals surface area (Å²) >= 11 is 0. The molecule has 0 aromatic carbocycles. The maximum absolute atomic E-state index is 11.1. The fraction of sp³-hybridized carbons (Fsp3) is 0.875. The van der Waals surface area contributed by atoms with Crippen LogP contribution in [0.4, 0.5) is 0 Å². The minimum atomic E-state index is 0.0781. The Bertz CT molecular complexity index is 140. The van der Waals surface area contributed by atoms with Crippen LogP contribution in [-0.4, -0.2) is 5.78 Å². The third-order valence-corrected chi connectivity index (χ3v) is 2.62. The maximum Gasteiger partial charge on any atom is 0.138 e. The molecule has 0 aromatic heterocycles. The molecule has 1 fully saturated rings. The van der Waals surface area contributed by atoms with Crippen LogP contribution >= 0.6 is 0 Å². The molecule has 2 atom stereocenters. The molecule has 1 saturated carbocycles. The van der Waals surface area contributed by atoms with E-state index in [1.807, 2.05) is 6.92 Å². The first kappa shape index (κ1) is 6.79. The van der Waals surface area contributed by atoms with E-state index in [-0.39, 0.29) is 5.41 Å². The summed E-state index contributed by atoms with van der Waals surface area (Å²) in [6.45, 7) is 6.16. The van der Waals surface area contributed by atoms with Gasteiger partial charge in [0.2, 0.25) is 0 Å². The standard InChI is InChI=1S/C8H14O/c1-4-7(9)8(3)5-6(8)2/h6H,4-5H2,1-3H3. The lowest BCUT2D eigenvalue weighted by molar-refractivity contribution is -0.123. The van der Waals surface area contributed by atoms with Crippen LogP contribution in [0.25, 0.3) is 0 Å². The molecule has 0 spiro atoms. The molecule has 0 aliphatic heterocycles. The van der Waals surface area contributed by atoms with Crippen LogP contribution in [-0.2, 0) is 4.79 Å². The predicted octanol–water partition coefficient (Wildman–Crippen LogP) is 2.01. The number of Topliss-reactive ketones (excluding diaryl/α,β-unsaturated/α-hetero) is 1. The Balaban J connectivity index is 2.53. The van der Waals surface area contributed by atoms with E-state index in [4.69, 9.17) is 0 Å². The summed E-state index contributed by atoms with van der Waals surface area (Å²) in [5, 5.41) is 0. The van der Waals surface area contributed by atoms with Gasteiger partial charge in [0.25, 0.3) is 0 Å². The second kappa shape index (κ2) is 1.83. The van der Waals surface area contributed by atoms with Gasteiger partial charge in [-0.1, -0.05) is 20.8 Å². The van der Waals surface area contributed by atoms with Crippen molar-refractivity contribution < 1.29 is 4.79 Å². The van der Waals surface area contributed by atoms with Crippen molar-refractivity contribution in [3.05, 3.63) is 0 Å². The smallest absolute Gasteiger partial charge is 0.138 e. The van der Waals surface area contributed by atoms with E-state index in [0.717, 1.165) is 6.42 Å². The summed E-state index contributed by atoms with van der Waals surface area (Å²) in [7, 11) is 0. The van der Waals surface area contributed by atoms with E-state index in [1.54, 1.807) is 0 Å². The second-order valence-corrected chi connectivity index (χ2v) is 3.30. The van der Waals surface area contributed by atoms with Gasteiger partial charge < -0.3 is 0 Å². The van der Waals surface area contributed by atoms with Gasteiger partial charge in [0.1, 0.15) is 5.78 Å². The summed E-state index contributed by atoms with van der Waals surface area (Å²) in [5.41, 5.74) is 0.0781. The molecule has 1 aliphatic carbocycles. The van der Waals surface area contributed by atoms with Crippen molar-refractivity contribution in [2.45, 2.75) is 33.6 Å². The maximum atomic E-state index is 11.1. The highest BCUT2D eigenvalue weighted by atomic mass is 16.1. The lowest BCUT2D eigenvalue weighted by Gasteiger charge is -2.03. The van der Waals surface area contributed by atoms with E-state index in [0.29, 0.717) is 18.1 Å². The Hall–Kier alpha value is -0.330. The highest BCUT2D eigenvalue weighted by Gasteiger charge is 2.51. The molecule has 52 valence electrons. The van der Waals surface area contributed by atoms with Crippen molar-refractivity contribution in [3.63, 3.8) is 0 Å². The lowest BCUT2D eigenvalue weighted by atomic mass is 9.99. The molecule has 1 nitrogen and oxygen atoms in total. The number of hydrogen-bond acceptors (Lipinski definition) is 1. The van der Waals surface area contributed by atoms with E-state index >= 15 is 0 Å². The molecule has 1 aliphatic rings. The molecule has 1 rings (SSSR count). The van der Waals surface area contributed by atoms with Gasteiger partial charge in [-0.3, -0.25) is 4.79 Å². The second-order valence-electron chi connectivity index (χ2n) is 3.30. The van der Waals surface area contributed by atoms with Gasteiger partial charge in [-0.2, -0.15) is 0 Å². The van der Waals surface area contributed by atoms with Gasteiger partial charge in [0.05, 0.1) is 0 Å². The van der Waals surface area contributed by atoms with Crippen molar-refractivity contribution in [3.8, 4) is 0 Å². The van der Waals surface area contributed by atoms with Gasteiger partial charge >= 0.3 is 0 Å². The van der Waals surface area contributed by atoms with Crippen molar-refractivity contribution >= 4 is 5.78 Å². The molecule has 0 aromatic rings. The van der Waals surface area contributed by atoms with E-state index in [9.17, 15) is 4.79 Å². The molecule has 0 radical (unpaired) electrons. The third-order valence-electron chi connectivity index (χ3n) is 2.62. The minimum Gasteiger partial charge on any atom is -0.299 e. The first-order valence-corrected chi connectivity index (χ1v) is 3.64. The van der Waals surface area contributed by atoms with E-state index < -0.39 is 0 Å². The topological polar surface area (TPSA) is 17.1 Å². The highest BCUT2D eigenvalue weighted by Crippen LogP contribution is 2.52. The summed E-state index contributed by atoms with van der Waals surface area (Å²) in [6, 6.07) is 0. The molecule has 0 amide bonds. The first-order chi connectivity index (χ1) is 4.11. The Morgan fingerprint density at radius 1 is 1.78 bits per heavy atom. The summed E-state index contributed by atoms with van der Waals surface area (Å²) in [4.78, 5) is 11.1. The SMILES string of the molecule is CCC(=O)C1(C)CC1C. The van der Waals surface area contributed by atoms with Crippen LogP contribution in [0.3, 0.4) is 0 Å². The molecule has 9 heavy (non-hydrogen) atoms. The van der Waals surface area contributed by atoms with Crippen LogP contribution in [0.1, 0.15) is 33.6 Å². The van der Waals surface area contributed by atoms with Crippen LogP contribution in [0.15, 0.2) is 0 Å². The van der Waals surface area contributed by atoms with Crippen molar-refractivity contribution in [2.24, 2.45) is 11.3 Å². The van der Waals surface area contributed by atoms with Crippen LogP contribution in [0, 0.1) is 11.3 Å². The Kier molecular flexibility index (Phi) is 1.38. The molecular formula is C8H14O. The zero-order valence-corrected chi connectivity index (χ0v) is 6.40. The molecule has 0 heterocycles. The fourth-order valence-electron chi connectivity index (χ4n) is 1.37. The van der Waals surface area contributed by atoms with Gasteiger partial charge in [0, 0.05) is 11.8 Å². The highest BCUT2D eigenvalue weighted by molar-refractivity contribution is 5.87. The van der Waals surface area contributed by atoms with Crippen molar-refractivity contribution in [2.75, 3.05) is 0 Å². The summed E-state index contributed by atoms with van der Waals surface area (Å²) in [6.07, 6.45) is 1.82. The quantitative estimate of drug-likeness (QED) is 0.553. The van der Waals surface area contributed by atoms with Gasteiger partial charge in [0.15, 0.2) is 0 Å². The third kappa shape index (κ3) is 0.887. The molecular weight excluding hydrogens is 112 g/mol.